The van der Waals surface area contributed by atoms with Crippen molar-refractivity contribution in [1.29, 1.82) is 0 Å². The molecule has 1 amide bonds. The van der Waals surface area contributed by atoms with Crippen LogP contribution in [0.5, 0.6) is 0 Å². The quantitative estimate of drug-likeness (QED) is 0.861. The lowest BCUT2D eigenvalue weighted by Crippen LogP contribution is -2.43. The number of carbonyl (C=O) groups excluding carboxylic acids is 1. The molecule has 0 unspecified atom stereocenters. The van der Waals surface area contributed by atoms with Crippen molar-refractivity contribution in [3.8, 4) is 0 Å². The minimum atomic E-state index is 0.0195. The lowest BCUT2D eigenvalue weighted by Gasteiger charge is -2.34. The highest BCUT2D eigenvalue weighted by atomic mass is 32.1. The van der Waals surface area contributed by atoms with Crippen LogP contribution in [0.3, 0.4) is 0 Å². The van der Waals surface area contributed by atoms with E-state index in [1.54, 1.807) is 0 Å². The van der Waals surface area contributed by atoms with Gasteiger partial charge in [-0.3, -0.25) is 4.79 Å². The third-order valence-corrected chi connectivity index (χ3v) is 5.29. The first-order chi connectivity index (χ1) is 9.66. The summed E-state index contributed by atoms with van der Waals surface area (Å²) in [6.07, 6.45) is 3.42. The van der Waals surface area contributed by atoms with Crippen LogP contribution in [0.2, 0.25) is 0 Å². The Morgan fingerprint density at radius 1 is 1.45 bits per heavy atom. The Kier molecular flexibility index (Phi) is 3.80. The summed E-state index contributed by atoms with van der Waals surface area (Å²) in [4.78, 5) is 21.5. The molecule has 1 saturated carbocycles. The molecule has 0 spiro atoms. The number of carbonyl (C=O) groups is 1. The van der Waals surface area contributed by atoms with Crippen molar-refractivity contribution < 1.29 is 4.79 Å². The number of anilines is 2. The highest BCUT2D eigenvalue weighted by Crippen LogP contribution is 2.31. The fraction of sp³-hybridized carbons (Fsp3) is 0.692. The Morgan fingerprint density at radius 2 is 2.15 bits per heavy atom. The van der Waals surface area contributed by atoms with Gasteiger partial charge in [0.25, 0.3) is 5.91 Å². The van der Waals surface area contributed by atoms with Crippen LogP contribution in [0.25, 0.3) is 0 Å². The first kappa shape index (κ1) is 13.6. The van der Waals surface area contributed by atoms with Gasteiger partial charge in [0.15, 0.2) is 5.13 Å². The van der Waals surface area contributed by atoms with E-state index >= 15 is 0 Å². The van der Waals surface area contributed by atoms with Crippen LogP contribution in [0.1, 0.15) is 28.9 Å². The fourth-order valence-corrected chi connectivity index (χ4v) is 3.58. The van der Waals surface area contributed by atoms with E-state index in [0.29, 0.717) is 16.7 Å². The molecule has 0 bridgehead atoms. The van der Waals surface area contributed by atoms with Crippen molar-refractivity contribution in [2.45, 2.75) is 25.3 Å². The van der Waals surface area contributed by atoms with Crippen molar-refractivity contribution in [2.75, 3.05) is 43.9 Å². The summed E-state index contributed by atoms with van der Waals surface area (Å²) >= 11 is 1.43. The van der Waals surface area contributed by atoms with Gasteiger partial charge in [-0.1, -0.05) is 11.3 Å². The molecule has 6 nitrogen and oxygen atoms in total. The average molecular weight is 295 g/mol. The Balaban J connectivity index is 1.75. The maximum absolute atomic E-state index is 12.5. The Morgan fingerprint density at radius 3 is 2.75 bits per heavy atom. The maximum Gasteiger partial charge on any atom is 0.267 e. The molecule has 3 N–H and O–H groups in total. The molecule has 1 aliphatic heterocycles. The minimum Gasteiger partial charge on any atom is -0.382 e. The topological polar surface area (TPSA) is 74.5 Å². The van der Waals surface area contributed by atoms with Crippen LogP contribution in [-0.4, -0.2) is 55.1 Å². The van der Waals surface area contributed by atoms with Crippen molar-refractivity contribution in [1.82, 2.24) is 15.2 Å². The van der Waals surface area contributed by atoms with E-state index in [2.05, 4.69) is 15.2 Å². The molecule has 2 heterocycles. The summed E-state index contributed by atoms with van der Waals surface area (Å²) in [5, 5.41) is 4.18. The van der Waals surface area contributed by atoms with Gasteiger partial charge in [0.1, 0.15) is 10.7 Å². The number of nitrogens with one attached hydrogen (secondary N) is 1. The van der Waals surface area contributed by atoms with E-state index in [9.17, 15) is 4.79 Å². The van der Waals surface area contributed by atoms with Gasteiger partial charge in [0.2, 0.25) is 0 Å². The molecular weight excluding hydrogens is 274 g/mol. The van der Waals surface area contributed by atoms with Gasteiger partial charge in [0.05, 0.1) is 0 Å². The summed E-state index contributed by atoms with van der Waals surface area (Å²) < 4.78 is 0. The third kappa shape index (κ3) is 2.47. The lowest BCUT2D eigenvalue weighted by molar-refractivity contribution is 0.0658. The molecular formula is C13H21N5OS. The van der Waals surface area contributed by atoms with Crippen LogP contribution in [0, 0.1) is 0 Å². The molecule has 0 atom stereocenters. The molecule has 20 heavy (non-hydrogen) atoms. The molecule has 3 rings (SSSR count). The van der Waals surface area contributed by atoms with Gasteiger partial charge < -0.3 is 20.9 Å². The second-order valence-electron chi connectivity index (χ2n) is 5.45. The number of rotatable bonds is 3. The zero-order chi connectivity index (χ0) is 14.1. The van der Waals surface area contributed by atoms with E-state index < -0.39 is 0 Å². The predicted octanol–water partition coefficient (Wildman–Crippen LogP) is 0.759. The number of hydrogen-bond donors (Lipinski definition) is 2. The van der Waals surface area contributed by atoms with Crippen molar-refractivity contribution in [3.63, 3.8) is 0 Å². The van der Waals surface area contributed by atoms with Gasteiger partial charge in [-0.15, -0.1) is 0 Å². The molecule has 0 aromatic carbocycles. The van der Waals surface area contributed by atoms with Crippen LogP contribution >= 0.6 is 11.3 Å². The predicted molar refractivity (Wildman–Crippen MR) is 81.3 cm³/mol. The number of nitrogens with two attached hydrogens (primary N) is 1. The summed E-state index contributed by atoms with van der Waals surface area (Å²) in [5.41, 5.74) is 5.96. The second kappa shape index (κ2) is 5.57. The third-order valence-electron chi connectivity index (χ3n) is 4.17. The standard InChI is InChI=1S/C13H21N5OS/c1-17(9-3-2-4-9)12(19)10-11(14)16-13(20-10)18-7-5-15-6-8-18/h9,15H,2-8,14H2,1H3. The van der Waals surface area contributed by atoms with E-state index in [4.69, 9.17) is 5.73 Å². The molecule has 2 aliphatic rings. The van der Waals surface area contributed by atoms with E-state index in [0.717, 1.165) is 44.2 Å². The first-order valence-corrected chi connectivity index (χ1v) is 7.97. The molecule has 1 aromatic heterocycles. The minimum absolute atomic E-state index is 0.0195. The molecule has 0 radical (unpaired) electrons. The molecule has 1 aromatic rings. The van der Waals surface area contributed by atoms with Gasteiger partial charge in [0, 0.05) is 39.3 Å². The van der Waals surface area contributed by atoms with Crippen LogP contribution < -0.4 is 16.0 Å². The number of aromatic nitrogens is 1. The van der Waals surface area contributed by atoms with E-state index in [1.807, 2.05) is 11.9 Å². The Bertz CT molecular complexity index is 493. The molecule has 7 heteroatoms. The highest BCUT2D eigenvalue weighted by Gasteiger charge is 2.29. The normalized spacial score (nSPS) is 19.8. The summed E-state index contributed by atoms with van der Waals surface area (Å²) in [7, 11) is 1.87. The second-order valence-corrected chi connectivity index (χ2v) is 6.43. The first-order valence-electron chi connectivity index (χ1n) is 7.16. The van der Waals surface area contributed by atoms with Crippen molar-refractivity contribution in [3.05, 3.63) is 4.88 Å². The molecule has 110 valence electrons. The van der Waals surface area contributed by atoms with Crippen molar-refractivity contribution in [2.24, 2.45) is 0 Å². The summed E-state index contributed by atoms with van der Waals surface area (Å²) in [6.45, 7) is 3.73. The molecule has 2 fully saturated rings. The number of nitrogen functional groups attached to an aromatic ring is 1. The Labute approximate surface area is 123 Å². The van der Waals surface area contributed by atoms with Gasteiger partial charge in [-0.25, -0.2) is 4.98 Å². The molecule has 1 saturated heterocycles. The number of amides is 1. The highest BCUT2D eigenvalue weighted by molar-refractivity contribution is 7.18. The monoisotopic (exact) mass is 295 g/mol. The maximum atomic E-state index is 12.5. The zero-order valence-corrected chi connectivity index (χ0v) is 12.6. The van der Waals surface area contributed by atoms with E-state index in [1.165, 1.54) is 17.8 Å². The number of piperazine rings is 1. The summed E-state index contributed by atoms with van der Waals surface area (Å²) in [5.74, 6) is 0.394. The fourth-order valence-electron chi connectivity index (χ4n) is 2.56. The van der Waals surface area contributed by atoms with Gasteiger partial charge in [-0.2, -0.15) is 0 Å². The number of hydrogen-bond acceptors (Lipinski definition) is 6. The van der Waals surface area contributed by atoms with Crippen LogP contribution in [0.4, 0.5) is 10.9 Å². The smallest absolute Gasteiger partial charge is 0.267 e. The van der Waals surface area contributed by atoms with Crippen LogP contribution in [-0.2, 0) is 0 Å². The van der Waals surface area contributed by atoms with Crippen LogP contribution in [0.15, 0.2) is 0 Å². The van der Waals surface area contributed by atoms with Crippen molar-refractivity contribution >= 4 is 28.2 Å². The van der Waals surface area contributed by atoms with Gasteiger partial charge >= 0.3 is 0 Å². The number of thiazole rings is 1. The summed E-state index contributed by atoms with van der Waals surface area (Å²) in [6, 6.07) is 0.381. The van der Waals surface area contributed by atoms with E-state index in [-0.39, 0.29) is 5.91 Å². The number of nitrogens with zero attached hydrogens (tertiary/aromatic N) is 3. The largest absolute Gasteiger partial charge is 0.382 e. The SMILES string of the molecule is CN(C(=O)c1sc(N2CCNCC2)nc1N)C1CCC1. The zero-order valence-electron chi connectivity index (χ0n) is 11.8. The molecule has 1 aliphatic carbocycles. The van der Waals surface area contributed by atoms with Gasteiger partial charge in [-0.05, 0) is 19.3 Å². The Hall–Kier alpha value is -1.34. The average Bonchev–Trinajstić information content (AvgIpc) is 2.79. The lowest BCUT2D eigenvalue weighted by atomic mass is 9.92.